The molecule has 1 unspecified atom stereocenters. The lowest BCUT2D eigenvalue weighted by Gasteiger charge is -2.33. The largest absolute Gasteiger partial charge is 0.356 e. The van der Waals surface area contributed by atoms with Crippen molar-refractivity contribution in [1.82, 2.24) is 4.90 Å². The predicted octanol–water partition coefficient (Wildman–Crippen LogP) is 6.16. The molecule has 1 aromatic rings. The Bertz CT molecular complexity index is 440. The average Bonchev–Trinajstić information content (AvgIpc) is 2.98. The number of nitrogens with zero attached hydrogens (tertiary/aromatic N) is 2. The van der Waals surface area contributed by atoms with E-state index in [-0.39, 0.29) is 0 Å². The van der Waals surface area contributed by atoms with Gasteiger partial charge in [-0.1, -0.05) is 70.6 Å². The molecule has 0 fully saturated rings. The minimum absolute atomic E-state index is 0.507. The van der Waals surface area contributed by atoms with Gasteiger partial charge in [0.25, 0.3) is 0 Å². The maximum absolute atomic E-state index is 2.52. The van der Waals surface area contributed by atoms with Gasteiger partial charge in [0.15, 0.2) is 0 Å². The summed E-state index contributed by atoms with van der Waals surface area (Å²) in [6.07, 6.45) is 17.2. The van der Waals surface area contributed by atoms with Gasteiger partial charge in [-0.15, -0.1) is 0 Å². The molecule has 0 aliphatic carbocycles. The summed E-state index contributed by atoms with van der Waals surface area (Å²) in [6, 6.07) is 10.8. The normalized spacial score (nSPS) is 17.2. The van der Waals surface area contributed by atoms with Crippen LogP contribution in [-0.4, -0.2) is 17.6 Å². The third-order valence-corrected chi connectivity index (χ3v) is 4.72. The van der Waals surface area contributed by atoms with Crippen LogP contribution in [0.1, 0.15) is 71.6 Å². The van der Waals surface area contributed by atoms with Crippen LogP contribution in [0.4, 0.5) is 5.69 Å². The van der Waals surface area contributed by atoms with Crippen LogP contribution in [0.5, 0.6) is 0 Å². The summed E-state index contributed by atoms with van der Waals surface area (Å²) in [4.78, 5) is 4.97. The number of hydrogen-bond acceptors (Lipinski definition) is 2. The van der Waals surface area contributed by atoms with Crippen molar-refractivity contribution >= 4 is 5.69 Å². The molecule has 1 aliphatic heterocycles. The molecule has 1 heterocycles. The van der Waals surface area contributed by atoms with Gasteiger partial charge in [-0.05, 0) is 31.4 Å². The third-order valence-electron chi connectivity index (χ3n) is 4.72. The van der Waals surface area contributed by atoms with E-state index in [4.69, 9.17) is 0 Å². The molecule has 0 bridgehead atoms. The Morgan fingerprint density at radius 1 is 0.783 bits per heavy atom. The Kier molecular flexibility index (Phi) is 8.06. The number of para-hydroxylation sites is 1. The molecule has 0 saturated heterocycles. The van der Waals surface area contributed by atoms with Gasteiger partial charge in [0, 0.05) is 24.6 Å². The first-order chi connectivity index (χ1) is 11.4. The number of rotatable bonds is 11. The molecule has 0 saturated carbocycles. The minimum Gasteiger partial charge on any atom is -0.356 e. The molecule has 1 aromatic carbocycles. The van der Waals surface area contributed by atoms with Gasteiger partial charge in [0.05, 0.1) is 0 Å². The van der Waals surface area contributed by atoms with E-state index in [1.165, 1.54) is 63.5 Å². The Balaban J connectivity index is 1.82. The van der Waals surface area contributed by atoms with Crippen molar-refractivity contribution in [1.29, 1.82) is 0 Å². The molecule has 23 heavy (non-hydrogen) atoms. The van der Waals surface area contributed by atoms with Crippen LogP contribution < -0.4 is 4.90 Å². The van der Waals surface area contributed by atoms with Crippen LogP contribution in [0, 0.1) is 0 Å². The van der Waals surface area contributed by atoms with E-state index in [1.807, 2.05) is 0 Å². The summed E-state index contributed by atoms with van der Waals surface area (Å²) >= 11 is 0. The SMILES string of the molecule is CCCCCCCCCC1N(CCC)C=CN1c1ccccc1. The molecule has 2 heteroatoms. The van der Waals surface area contributed by atoms with E-state index in [9.17, 15) is 0 Å². The molecule has 2 rings (SSSR count). The summed E-state index contributed by atoms with van der Waals surface area (Å²) in [5.74, 6) is 0. The highest BCUT2D eigenvalue weighted by molar-refractivity contribution is 5.51. The Morgan fingerprint density at radius 2 is 1.48 bits per heavy atom. The van der Waals surface area contributed by atoms with Crippen molar-refractivity contribution in [3.05, 3.63) is 42.7 Å². The van der Waals surface area contributed by atoms with Gasteiger partial charge in [0.2, 0.25) is 0 Å². The van der Waals surface area contributed by atoms with Crippen molar-refractivity contribution in [2.75, 3.05) is 11.4 Å². The monoisotopic (exact) mass is 314 g/mol. The molecular formula is C21H34N2. The highest BCUT2D eigenvalue weighted by Crippen LogP contribution is 2.27. The van der Waals surface area contributed by atoms with Crippen molar-refractivity contribution < 1.29 is 0 Å². The van der Waals surface area contributed by atoms with Crippen LogP contribution in [-0.2, 0) is 0 Å². The van der Waals surface area contributed by atoms with Crippen LogP contribution in [0.15, 0.2) is 42.7 Å². The second kappa shape index (κ2) is 10.4. The van der Waals surface area contributed by atoms with E-state index in [0.717, 1.165) is 6.54 Å². The summed E-state index contributed by atoms with van der Waals surface area (Å²) in [6.45, 7) is 5.71. The van der Waals surface area contributed by atoms with Gasteiger partial charge in [-0.2, -0.15) is 0 Å². The third kappa shape index (κ3) is 5.60. The number of benzene rings is 1. The zero-order valence-electron chi connectivity index (χ0n) is 15.1. The fourth-order valence-electron chi connectivity index (χ4n) is 3.44. The number of hydrogen-bond donors (Lipinski definition) is 0. The molecule has 0 aromatic heterocycles. The van der Waals surface area contributed by atoms with Gasteiger partial charge in [0.1, 0.15) is 6.17 Å². The minimum atomic E-state index is 0.507. The van der Waals surface area contributed by atoms with Gasteiger partial charge >= 0.3 is 0 Å². The topological polar surface area (TPSA) is 6.48 Å². The molecule has 2 nitrogen and oxygen atoms in total. The number of anilines is 1. The second-order valence-electron chi connectivity index (χ2n) is 6.67. The molecular weight excluding hydrogens is 280 g/mol. The average molecular weight is 315 g/mol. The van der Waals surface area contributed by atoms with Gasteiger partial charge < -0.3 is 9.80 Å². The summed E-state index contributed by atoms with van der Waals surface area (Å²) in [5.41, 5.74) is 1.32. The highest BCUT2D eigenvalue weighted by atomic mass is 15.4. The van der Waals surface area contributed by atoms with Crippen molar-refractivity contribution in [2.45, 2.75) is 77.8 Å². The van der Waals surface area contributed by atoms with Crippen LogP contribution in [0.25, 0.3) is 0 Å². The summed E-state index contributed by atoms with van der Waals surface area (Å²) in [5, 5.41) is 0. The summed E-state index contributed by atoms with van der Waals surface area (Å²) in [7, 11) is 0. The fraction of sp³-hybridized carbons (Fsp3) is 0.619. The maximum Gasteiger partial charge on any atom is 0.105 e. The Morgan fingerprint density at radius 3 is 2.17 bits per heavy atom. The lowest BCUT2D eigenvalue weighted by molar-refractivity contribution is 0.279. The zero-order chi connectivity index (χ0) is 16.3. The first-order valence-corrected chi connectivity index (χ1v) is 9.64. The van der Waals surface area contributed by atoms with E-state index < -0.39 is 0 Å². The predicted molar refractivity (Wildman–Crippen MR) is 101 cm³/mol. The molecule has 1 atom stereocenters. The van der Waals surface area contributed by atoms with Crippen LogP contribution in [0.2, 0.25) is 0 Å². The molecule has 1 aliphatic rings. The van der Waals surface area contributed by atoms with E-state index in [0.29, 0.717) is 6.17 Å². The maximum atomic E-state index is 2.52. The fourth-order valence-corrected chi connectivity index (χ4v) is 3.44. The zero-order valence-corrected chi connectivity index (χ0v) is 15.1. The lowest BCUT2D eigenvalue weighted by Crippen LogP contribution is -2.39. The highest BCUT2D eigenvalue weighted by Gasteiger charge is 2.25. The second-order valence-corrected chi connectivity index (χ2v) is 6.67. The first-order valence-electron chi connectivity index (χ1n) is 9.64. The molecule has 0 spiro atoms. The summed E-state index contributed by atoms with van der Waals surface area (Å²) < 4.78 is 0. The molecule has 0 N–H and O–H groups in total. The van der Waals surface area contributed by atoms with Crippen LogP contribution >= 0.6 is 0 Å². The smallest absolute Gasteiger partial charge is 0.105 e. The first kappa shape index (κ1) is 17.9. The van der Waals surface area contributed by atoms with E-state index in [2.05, 4.69) is 66.4 Å². The Hall–Kier alpha value is -1.44. The Labute approximate surface area is 143 Å². The lowest BCUT2D eigenvalue weighted by atomic mass is 10.1. The van der Waals surface area contributed by atoms with E-state index in [1.54, 1.807) is 0 Å². The van der Waals surface area contributed by atoms with Crippen molar-refractivity contribution in [2.24, 2.45) is 0 Å². The standard InChI is InChI=1S/C21H34N2/c1-3-5-6-7-8-9-13-16-21-22(17-4-2)18-19-23(21)20-14-11-10-12-15-20/h10-12,14-15,18-19,21H,3-9,13,16-17H2,1-2H3. The number of unbranched alkanes of at least 4 members (excludes halogenated alkanes) is 6. The van der Waals surface area contributed by atoms with Gasteiger partial charge in [-0.25, -0.2) is 0 Å². The quantitative estimate of drug-likeness (QED) is 0.451. The molecule has 0 amide bonds. The molecule has 0 radical (unpaired) electrons. The van der Waals surface area contributed by atoms with Gasteiger partial charge in [-0.3, -0.25) is 0 Å². The van der Waals surface area contributed by atoms with Crippen LogP contribution in [0.3, 0.4) is 0 Å². The molecule has 128 valence electrons. The van der Waals surface area contributed by atoms with Crippen molar-refractivity contribution in [3.8, 4) is 0 Å². The van der Waals surface area contributed by atoms with Crippen molar-refractivity contribution in [3.63, 3.8) is 0 Å². The van der Waals surface area contributed by atoms with E-state index >= 15 is 0 Å².